The molecule has 0 N–H and O–H groups in total. The van der Waals surface area contributed by atoms with Gasteiger partial charge in [-0.25, -0.2) is 4.39 Å². The Hall–Kier alpha value is -3.51. The summed E-state index contributed by atoms with van der Waals surface area (Å²) in [4.78, 5) is 28.8. The molecular formula is C32H39FN6O2. The number of hydrogen-bond acceptors (Lipinski definition) is 7. The minimum atomic E-state index is -0.235. The van der Waals surface area contributed by atoms with Crippen LogP contribution in [0, 0.1) is 22.6 Å². The molecule has 1 spiro atoms. The molecule has 9 heteroatoms. The van der Waals surface area contributed by atoms with Crippen LogP contribution in [-0.4, -0.2) is 77.6 Å². The summed E-state index contributed by atoms with van der Waals surface area (Å²) in [5.41, 5.74) is 4.20. The lowest BCUT2D eigenvalue weighted by Gasteiger charge is -2.44. The van der Waals surface area contributed by atoms with Crippen molar-refractivity contribution in [2.75, 3.05) is 44.7 Å². The fraction of sp³-hybridized carbons (Fsp3) is 0.562. The Balaban J connectivity index is 1.31. The van der Waals surface area contributed by atoms with Crippen LogP contribution in [0.3, 0.4) is 0 Å². The number of rotatable bonds is 6. The molecule has 1 aromatic heterocycles. The van der Waals surface area contributed by atoms with Crippen molar-refractivity contribution in [3.8, 4) is 12.1 Å². The first-order valence-corrected chi connectivity index (χ1v) is 14.9. The molecule has 1 aromatic carbocycles. The van der Waals surface area contributed by atoms with Gasteiger partial charge in [-0.2, -0.15) is 15.2 Å². The van der Waals surface area contributed by atoms with Gasteiger partial charge < -0.3 is 19.4 Å². The van der Waals surface area contributed by atoms with Gasteiger partial charge in [0.25, 0.3) is 0 Å². The van der Waals surface area contributed by atoms with Crippen LogP contribution in [0.15, 0.2) is 30.9 Å². The number of hydrogen-bond donors (Lipinski definition) is 0. The van der Waals surface area contributed by atoms with E-state index in [1.165, 1.54) is 12.5 Å². The third kappa shape index (κ3) is 5.42. The van der Waals surface area contributed by atoms with Gasteiger partial charge in [0.2, 0.25) is 5.91 Å². The van der Waals surface area contributed by atoms with Crippen molar-refractivity contribution in [1.82, 2.24) is 19.8 Å². The lowest BCUT2D eigenvalue weighted by Crippen LogP contribution is -2.55. The van der Waals surface area contributed by atoms with Crippen molar-refractivity contribution in [2.24, 2.45) is 5.41 Å². The second-order valence-corrected chi connectivity index (χ2v) is 12.3. The van der Waals surface area contributed by atoms with Gasteiger partial charge in [-0.15, -0.1) is 0 Å². The zero-order chi connectivity index (χ0) is 28.6. The highest BCUT2D eigenvalue weighted by atomic mass is 19.1. The summed E-state index contributed by atoms with van der Waals surface area (Å²) in [6, 6.07) is 8.24. The number of halogens is 1. The average Bonchev–Trinajstić information content (AvgIpc) is 3.39. The molecule has 41 heavy (non-hydrogen) atoms. The highest BCUT2D eigenvalue weighted by molar-refractivity contribution is 5.87. The Bertz CT molecular complexity index is 1370. The molecule has 0 unspecified atom stereocenters. The highest BCUT2D eigenvalue weighted by Crippen LogP contribution is 2.47. The molecule has 3 heterocycles. The summed E-state index contributed by atoms with van der Waals surface area (Å²) in [5.74, 6) is 0.637. The number of anilines is 1. The molecule has 2 aromatic rings. The molecule has 1 amide bonds. The normalized spacial score (nSPS) is 25.9. The Morgan fingerprint density at radius 2 is 2.02 bits per heavy atom. The fourth-order valence-corrected chi connectivity index (χ4v) is 7.45. The predicted molar refractivity (Wildman–Crippen MR) is 154 cm³/mol. The first-order valence-electron chi connectivity index (χ1n) is 14.9. The molecule has 0 radical (unpaired) electrons. The van der Waals surface area contributed by atoms with Crippen LogP contribution in [0.5, 0.6) is 6.01 Å². The third-order valence-corrected chi connectivity index (χ3v) is 9.83. The van der Waals surface area contributed by atoms with Crippen LogP contribution in [-0.2, 0) is 30.5 Å². The second kappa shape index (κ2) is 11.4. The highest BCUT2D eigenvalue weighted by Gasteiger charge is 2.41. The predicted octanol–water partition coefficient (Wildman–Crippen LogP) is 3.87. The number of nitrogens with zero attached hydrogens (tertiary/aromatic N) is 6. The van der Waals surface area contributed by atoms with Gasteiger partial charge in [-0.3, -0.25) is 4.79 Å². The molecule has 216 valence electrons. The monoisotopic (exact) mass is 558 g/mol. The maximum absolute atomic E-state index is 14.5. The van der Waals surface area contributed by atoms with Crippen LogP contribution < -0.4 is 9.64 Å². The largest absolute Gasteiger partial charge is 0.462 e. The van der Waals surface area contributed by atoms with Crippen molar-refractivity contribution in [2.45, 2.75) is 69.9 Å². The lowest BCUT2D eigenvalue weighted by atomic mass is 9.63. The van der Waals surface area contributed by atoms with Gasteiger partial charge >= 0.3 is 6.01 Å². The Morgan fingerprint density at radius 1 is 1.20 bits per heavy atom. The van der Waals surface area contributed by atoms with Crippen LogP contribution in [0.1, 0.15) is 54.5 Å². The number of nitriles is 1. The average molecular weight is 559 g/mol. The van der Waals surface area contributed by atoms with Crippen LogP contribution >= 0.6 is 0 Å². The van der Waals surface area contributed by atoms with Crippen molar-refractivity contribution in [3.05, 3.63) is 59.1 Å². The van der Waals surface area contributed by atoms with Gasteiger partial charge in [-0.1, -0.05) is 18.7 Å². The van der Waals surface area contributed by atoms with Crippen LogP contribution in [0.4, 0.5) is 10.2 Å². The van der Waals surface area contributed by atoms with Gasteiger partial charge in [0.15, 0.2) is 0 Å². The molecular weight excluding hydrogens is 519 g/mol. The number of aromatic nitrogens is 2. The molecule has 4 aliphatic rings. The Morgan fingerprint density at radius 3 is 2.78 bits per heavy atom. The van der Waals surface area contributed by atoms with E-state index in [4.69, 9.17) is 14.7 Å². The third-order valence-electron chi connectivity index (χ3n) is 9.83. The number of piperazine rings is 1. The second-order valence-electron chi connectivity index (χ2n) is 12.3. The van der Waals surface area contributed by atoms with Gasteiger partial charge in [0.1, 0.15) is 18.2 Å². The zero-order valence-electron chi connectivity index (χ0n) is 23.9. The molecule has 0 bridgehead atoms. The number of carbonyl (C=O) groups is 1. The summed E-state index contributed by atoms with van der Waals surface area (Å²) in [6.45, 7) is 6.92. The number of fused-ring (bicyclic) bond motifs is 2. The van der Waals surface area contributed by atoms with Crippen molar-refractivity contribution < 1.29 is 13.9 Å². The van der Waals surface area contributed by atoms with E-state index in [1.54, 1.807) is 11.0 Å². The van der Waals surface area contributed by atoms with E-state index >= 15 is 0 Å². The Labute approximate surface area is 241 Å². The summed E-state index contributed by atoms with van der Waals surface area (Å²) in [5, 5.41) is 9.50. The summed E-state index contributed by atoms with van der Waals surface area (Å²) < 4.78 is 20.8. The minimum absolute atomic E-state index is 0.0424. The number of carbonyl (C=O) groups excluding carboxylic acids is 1. The smallest absolute Gasteiger partial charge is 0.318 e. The topological polar surface area (TPSA) is 85.6 Å². The first-order chi connectivity index (χ1) is 19.9. The van der Waals surface area contributed by atoms with E-state index in [-0.39, 0.29) is 29.6 Å². The standard InChI is InChI=1S/C32H39FN6O2/c1-3-29(40)39-17-16-38(20-23(39)11-14-34)30-26-10-13-32(12-9-25-22(18-32)6-4-8-27(25)33)19-28(26)35-31(36-30)41-21-24-7-5-15-37(24)2/h3-4,6,8,23-24H,1,5,7,9-13,15-21H2,2H3/t23-,24-,32-/m0/s1. The van der Waals surface area contributed by atoms with Gasteiger partial charge in [0.05, 0.1) is 24.2 Å². The summed E-state index contributed by atoms with van der Waals surface area (Å²) in [7, 11) is 2.13. The quantitative estimate of drug-likeness (QED) is 0.498. The van der Waals surface area contributed by atoms with E-state index in [9.17, 15) is 14.4 Å². The SMILES string of the molecule is C=CC(=O)N1CCN(c2nc(OC[C@@H]3CCCN3C)nc3c2CC[C@]2(CCc4c(F)cccc4C2)C3)C[C@@H]1CC#N. The molecule has 2 aliphatic heterocycles. The number of likely N-dealkylation sites (tertiary alicyclic amines) is 1. The van der Waals surface area contributed by atoms with Crippen LogP contribution in [0.2, 0.25) is 0 Å². The zero-order valence-corrected chi connectivity index (χ0v) is 23.9. The van der Waals surface area contributed by atoms with Gasteiger partial charge in [-0.05, 0) is 93.6 Å². The molecule has 6 rings (SSSR count). The minimum Gasteiger partial charge on any atom is -0.462 e. The molecule has 3 atom stereocenters. The molecule has 2 fully saturated rings. The van der Waals surface area contributed by atoms with E-state index in [2.05, 4.69) is 35.6 Å². The summed E-state index contributed by atoms with van der Waals surface area (Å²) in [6.07, 6.45) is 9.04. The van der Waals surface area contributed by atoms with Crippen molar-refractivity contribution >= 4 is 11.7 Å². The fourth-order valence-electron chi connectivity index (χ4n) is 7.45. The number of likely N-dealkylation sites (N-methyl/N-ethyl adjacent to an activating group) is 1. The first kappa shape index (κ1) is 27.6. The van der Waals surface area contributed by atoms with E-state index < -0.39 is 0 Å². The van der Waals surface area contributed by atoms with Crippen molar-refractivity contribution in [1.29, 1.82) is 5.26 Å². The maximum atomic E-state index is 14.5. The molecule has 2 saturated heterocycles. The van der Waals surface area contributed by atoms with E-state index in [0.717, 1.165) is 79.7 Å². The molecule has 0 saturated carbocycles. The summed E-state index contributed by atoms with van der Waals surface area (Å²) >= 11 is 0. The van der Waals surface area contributed by atoms with E-state index in [1.807, 2.05) is 6.07 Å². The lowest BCUT2D eigenvalue weighted by molar-refractivity contribution is -0.128. The van der Waals surface area contributed by atoms with Gasteiger partial charge in [0, 0.05) is 31.2 Å². The number of amides is 1. The maximum Gasteiger partial charge on any atom is 0.318 e. The number of ether oxygens (including phenoxy) is 1. The number of benzene rings is 1. The van der Waals surface area contributed by atoms with Crippen LogP contribution in [0.25, 0.3) is 0 Å². The van der Waals surface area contributed by atoms with E-state index in [0.29, 0.717) is 38.3 Å². The molecule has 2 aliphatic carbocycles. The van der Waals surface area contributed by atoms with Crippen molar-refractivity contribution in [3.63, 3.8) is 0 Å². The molecule has 8 nitrogen and oxygen atoms in total. The Kier molecular flexibility index (Phi) is 7.69.